The molecule has 0 saturated carbocycles. The van der Waals surface area contributed by atoms with Crippen molar-refractivity contribution in [2.45, 2.75) is 13.3 Å². The number of carbonyl (C=O) groups excluding carboxylic acids is 1. The Morgan fingerprint density at radius 1 is 1.03 bits per heavy atom. The number of esters is 1. The predicted molar refractivity (Wildman–Crippen MR) is 108 cm³/mol. The summed E-state index contributed by atoms with van der Waals surface area (Å²) in [5.41, 5.74) is 2.67. The number of rotatable bonds is 7. The number of nitrogens with zero attached hydrogens (tertiary/aromatic N) is 2. The molecule has 0 bridgehead atoms. The molecule has 1 heterocycles. The molecule has 0 spiro atoms. The van der Waals surface area contributed by atoms with Crippen LogP contribution in [0.5, 0.6) is 5.75 Å². The van der Waals surface area contributed by atoms with Crippen LogP contribution in [0.25, 0.3) is 11.1 Å². The summed E-state index contributed by atoms with van der Waals surface area (Å²) in [5.74, 6) is 0.193. The first kappa shape index (κ1) is 20.0. The van der Waals surface area contributed by atoms with Crippen LogP contribution in [-0.4, -0.2) is 29.6 Å². The number of aromatic nitrogens is 1. The van der Waals surface area contributed by atoms with E-state index in [4.69, 9.17) is 9.47 Å². The van der Waals surface area contributed by atoms with Crippen molar-refractivity contribution in [3.63, 3.8) is 0 Å². The number of hydrogen-bond donors (Lipinski definition) is 0. The SMILES string of the molecule is CCOC(=O)c1ccc(-c2ccccc2[N+](=O)[O-])c(Cc2ccc(OC)cc2)n1. The lowest BCUT2D eigenvalue weighted by Crippen LogP contribution is -2.10. The van der Waals surface area contributed by atoms with Crippen LogP contribution in [0.4, 0.5) is 5.69 Å². The molecule has 0 unspecified atom stereocenters. The van der Waals surface area contributed by atoms with Gasteiger partial charge in [-0.25, -0.2) is 9.78 Å². The van der Waals surface area contributed by atoms with Gasteiger partial charge in [-0.3, -0.25) is 10.1 Å². The maximum atomic E-state index is 12.1. The molecule has 3 aromatic rings. The second-order valence-corrected chi connectivity index (χ2v) is 6.21. The van der Waals surface area contributed by atoms with E-state index in [1.165, 1.54) is 12.1 Å². The lowest BCUT2D eigenvalue weighted by Gasteiger charge is -2.12. The molecular formula is C22H20N2O5. The molecule has 29 heavy (non-hydrogen) atoms. The summed E-state index contributed by atoms with van der Waals surface area (Å²) in [7, 11) is 1.59. The van der Waals surface area contributed by atoms with Gasteiger partial charge in [-0.2, -0.15) is 0 Å². The highest BCUT2D eigenvalue weighted by molar-refractivity contribution is 5.88. The molecule has 0 saturated heterocycles. The van der Waals surface area contributed by atoms with Crippen molar-refractivity contribution < 1.29 is 19.2 Å². The Morgan fingerprint density at radius 3 is 2.41 bits per heavy atom. The Morgan fingerprint density at radius 2 is 1.76 bits per heavy atom. The van der Waals surface area contributed by atoms with Gasteiger partial charge in [-0.1, -0.05) is 24.3 Å². The monoisotopic (exact) mass is 392 g/mol. The van der Waals surface area contributed by atoms with E-state index in [2.05, 4.69) is 4.98 Å². The Balaban J connectivity index is 2.10. The third-order valence-corrected chi connectivity index (χ3v) is 4.38. The van der Waals surface area contributed by atoms with Crippen molar-refractivity contribution in [1.82, 2.24) is 4.98 Å². The van der Waals surface area contributed by atoms with Gasteiger partial charge in [0.25, 0.3) is 5.69 Å². The minimum atomic E-state index is -0.530. The van der Waals surface area contributed by atoms with Gasteiger partial charge >= 0.3 is 5.97 Å². The van der Waals surface area contributed by atoms with Crippen molar-refractivity contribution >= 4 is 11.7 Å². The Hall–Kier alpha value is -3.74. The average molecular weight is 392 g/mol. The highest BCUT2D eigenvalue weighted by Gasteiger charge is 2.20. The number of nitro benzene ring substituents is 1. The molecule has 0 atom stereocenters. The number of benzene rings is 2. The molecule has 148 valence electrons. The summed E-state index contributed by atoms with van der Waals surface area (Å²) < 4.78 is 10.2. The van der Waals surface area contributed by atoms with Gasteiger partial charge in [-0.05, 0) is 42.8 Å². The molecular weight excluding hydrogens is 372 g/mol. The lowest BCUT2D eigenvalue weighted by molar-refractivity contribution is -0.384. The zero-order chi connectivity index (χ0) is 20.8. The summed E-state index contributed by atoms with van der Waals surface area (Å²) in [4.78, 5) is 27.7. The van der Waals surface area contributed by atoms with Gasteiger partial charge < -0.3 is 9.47 Å². The molecule has 7 nitrogen and oxygen atoms in total. The average Bonchev–Trinajstić information content (AvgIpc) is 2.74. The van der Waals surface area contributed by atoms with Gasteiger partial charge in [0.05, 0.1) is 29.9 Å². The highest BCUT2D eigenvalue weighted by atomic mass is 16.6. The molecule has 2 aromatic carbocycles. The Kier molecular flexibility index (Phi) is 6.19. The van der Waals surface area contributed by atoms with E-state index in [-0.39, 0.29) is 18.0 Å². The fourth-order valence-corrected chi connectivity index (χ4v) is 3.00. The van der Waals surface area contributed by atoms with E-state index < -0.39 is 10.9 Å². The van der Waals surface area contributed by atoms with Gasteiger partial charge in [0.1, 0.15) is 11.4 Å². The molecule has 0 N–H and O–H groups in total. The molecule has 0 aliphatic rings. The van der Waals surface area contributed by atoms with E-state index in [1.54, 1.807) is 38.3 Å². The number of para-hydroxylation sites is 1. The third kappa shape index (κ3) is 4.57. The molecule has 1 aromatic heterocycles. The second-order valence-electron chi connectivity index (χ2n) is 6.21. The standard InChI is InChI=1S/C22H20N2O5/c1-3-29-22(25)19-13-12-17(18-6-4-5-7-21(18)24(26)27)20(23-19)14-15-8-10-16(28-2)11-9-15/h4-13H,3,14H2,1-2H3. The molecule has 7 heteroatoms. The first-order valence-corrected chi connectivity index (χ1v) is 9.07. The normalized spacial score (nSPS) is 10.4. The van der Waals surface area contributed by atoms with Gasteiger partial charge in [0.2, 0.25) is 0 Å². The van der Waals surface area contributed by atoms with Crippen molar-refractivity contribution in [1.29, 1.82) is 0 Å². The topological polar surface area (TPSA) is 91.6 Å². The Bertz CT molecular complexity index is 1030. The van der Waals surface area contributed by atoms with Crippen LogP contribution >= 0.6 is 0 Å². The lowest BCUT2D eigenvalue weighted by atomic mass is 9.97. The maximum Gasteiger partial charge on any atom is 0.356 e. The molecule has 3 rings (SSSR count). The van der Waals surface area contributed by atoms with E-state index in [0.29, 0.717) is 23.2 Å². The second kappa shape index (κ2) is 8.97. The smallest absolute Gasteiger partial charge is 0.356 e. The van der Waals surface area contributed by atoms with Crippen LogP contribution in [0.3, 0.4) is 0 Å². The summed E-state index contributed by atoms with van der Waals surface area (Å²) in [6, 6.07) is 17.1. The minimum Gasteiger partial charge on any atom is -0.497 e. The van der Waals surface area contributed by atoms with Crippen LogP contribution < -0.4 is 4.74 Å². The quantitative estimate of drug-likeness (QED) is 0.335. The first-order chi connectivity index (χ1) is 14.0. The summed E-state index contributed by atoms with van der Waals surface area (Å²) >= 11 is 0. The Labute approximate surface area is 168 Å². The van der Waals surface area contributed by atoms with Crippen LogP contribution in [0, 0.1) is 10.1 Å². The maximum absolute atomic E-state index is 12.1. The number of methoxy groups -OCH3 is 1. The van der Waals surface area contributed by atoms with Crippen LogP contribution in [0.1, 0.15) is 28.7 Å². The number of ether oxygens (including phenoxy) is 2. The zero-order valence-corrected chi connectivity index (χ0v) is 16.1. The largest absolute Gasteiger partial charge is 0.497 e. The summed E-state index contributed by atoms with van der Waals surface area (Å²) in [6.45, 7) is 1.96. The van der Waals surface area contributed by atoms with E-state index >= 15 is 0 Å². The molecule has 0 amide bonds. The van der Waals surface area contributed by atoms with Gasteiger partial charge in [0.15, 0.2) is 0 Å². The van der Waals surface area contributed by atoms with Crippen LogP contribution in [0.15, 0.2) is 60.7 Å². The van der Waals surface area contributed by atoms with Gasteiger partial charge in [-0.15, -0.1) is 0 Å². The van der Waals surface area contributed by atoms with Crippen molar-refractivity contribution in [2.75, 3.05) is 13.7 Å². The molecule has 0 radical (unpaired) electrons. The van der Waals surface area contributed by atoms with Crippen LogP contribution in [-0.2, 0) is 11.2 Å². The minimum absolute atomic E-state index is 0.0193. The van der Waals surface area contributed by atoms with Crippen molar-refractivity contribution in [2.24, 2.45) is 0 Å². The van der Waals surface area contributed by atoms with Crippen molar-refractivity contribution in [3.8, 4) is 16.9 Å². The van der Waals surface area contributed by atoms with Crippen molar-refractivity contribution in [3.05, 3.63) is 87.7 Å². The van der Waals surface area contributed by atoms with E-state index in [1.807, 2.05) is 24.3 Å². The van der Waals surface area contributed by atoms with Crippen LogP contribution in [0.2, 0.25) is 0 Å². The van der Waals surface area contributed by atoms with E-state index in [9.17, 15) is 14.9 Å². The number of nitro groups is 1. The third-order valence-electron chi connectivity index (χ3n) is 4.38. The fourth-order valence-electron chi connectivity index (χ4n) is 3.00. The summed E-state index contributed by atoms with van der Waals surface area (Å²) in [6.07, 6.45) is 0.388. The van der Waals surface area contributed by atoms with Gasteiger partial charge in [0, 0.05) is 18.1 Å². The number of pyridine rings is 1. The number of hydrogen-bond acceptors (Lipinski definition) is 6. The number of carbonyl (C=O) groups is 1. The molecule has 0 fully saturated rings. The first-order valence-electron chi connectivity index (χ1n) is 9.07. The highest BCUT2D eigenvalue weighted by Crippen LogP contribution is 2.32. The predicted octanol–water partition coefficient (Wildman–Crippen LogP) is 4.43. The van der Waals surface area contributed by atoms with E-state index in [0.717, 1.165) is 11.3 Å². The molecule has 0 aliphatic heterocycles. The fraction of sp³-hybridized carbons (Fsp3) is 0.182. The zero-order valence-electron chi connectivity index (χ0n) is 16.1. The molecule has 0 aliphatic carbocycles. The summed E-state index contributed by atoms with van der Waals surface area (Å²) in [5, 5.41) is 11.5.